The molecule has 2 heterocycles. The molecule has 1 atom stereocenters. The number of methoxy groups -OCH3 is 1. The van der Waals surface area contributed by atoms with Crippen molar-refractivity contribution in [1.82, 2.24) is 4.98 Å². The largest absolute Gasteiger partial charge is 0.489 e. The second-order valence-electron chi connectivity index (χ2n) is 10.8. The predicted octanol–water partition coefficient (Wildman–Crippen LogP) is 7.67. The summed E-state index contributed by atoms with van der Waals surface area (Å²) in [6.07, 6.45) is -0.558. The topological polar surface area (TPSA) is 85.3 Å². The molecule has 0 N–H and O–H groups in total. The fraction of sp³-hybridized carbons (Fsp3) is 0.333. The lowest BCUT2D eigenvalue weighted by atomic mass is 10.0. The fourth-order valence-corrected chi connectivity index (χ4v) is 5.29. The van der Waals surface area contributed by atoms with Gasteiger partial charge in [-0.3, -0.25) is 4.79 Å². The first-order valence-electron chi connectivity index (χ1n) is 15.0. The highest BCUT2D eigenvalue weighted by Crippen LogP contribution is 2.33. The van der Waals surface area contributed by atoms with Crippen LogP contribution in [-0.4, -0.2) is 44.5 Å². The van der Waals surface area contributed by atoms with E-state index in [4.69, 9.17) is 40.0 Å². The van der Waals surface area contributed by atoms with Crippen molar-refractivity contribution in [3.63, 3.8) is 0 Å². The zero-order chi connectivity index (χ0) is 31.6. The minimum Gasteiger partial charge on any atom is -0.489 e. The Bertz CT molecular complexity index is 1540. The third-order valence-corrected chi connectivity index (χ3v) is 7.82. The number of esters is 1. The van der Waals surface area contributed by atoms with Crippen LogP contribution in [0.3, 0.4) is 0 Å². The third-order valence-electron chi connectivity index (χ3n) is 7.49. The summed E-state index contributed by atoms with van der Waals surface area (Å²) < 4.78 is 34.4. The van der Waals surface area contributed by atoms with Crippen LogP contribution in [-0.2, 0) is 30.3 Å². The summed E-state index contributed by atoms with van der Waals surface area (Å²) in [6.45, 7) is 6.22. The molecule has 3 aromatic carbocycles. The minimum absolute atomic E-state index is 0.111. The summed E-state index contributed by atoms with van der Waals surface area (Å²) in [5, 5.41) is 0.624. The molecule has 1 aromatic heterocycles. The van der Waals surface area contributed by atoms with Crippen molar-refractivity contribution in [3.05, 3.63) is 112 Å². The van der Waals surface area contributed by atoms with E-state index in [-0.39, 0.29) is 30.7 Å². The number of aryl methyl sites for hydroxylation is 1. The lowest BCUT2D eigenvalue weighted by Gasteiger charge is -2.29. The first-order valence-corrected chi connectivity index (χ1v) is 15.4. The number of ether oxygens (including phenoxy) is 6. The maximum absolute atomic E-state index is 11.8. The lowest BCUT2D eigenvalue weighted by molar-refractivity contribution is -0.208. The van der Waals surface area contributed by atoms with E-state index in [0.29, 0.717) is 49.7 Å². The smallest absolute Gasteiger partial charge is 0.308 e. The van der Waals surface area contributed by atoms with Crippen molar-refractivity contribution >= 4 is 17.6 Å². The monoisotopic (exact) mass is 631 g/mol. The highest BCUT2D eigenvalue weighted by molar-refractivity contribution is 6.33. The second kappa shape index (κ2) is 15.9. The zero-order valence-corrected chi connectivity index (χ0v) is 26.5. The predicted molar refractivity (Wildman–Crippen MR) is 171 cm³/mol. The van der Waals surface area contributed by atoms with Gasteiger partial charge in [-0.2, -0.15) is 0 Å². The van der Waals surface area contributed by atoms with Crippen LogP contribution in [0, 0.1) is 12.8 Å². The number of halogens is 1. The number of nitrogens with zero attached hydrogens (tertiary/aromatic N) is 1. The van der Waals surface area contributed by atoms with Crippen molar-refractivity contribution < 1.29 is 33.2 Å². The molecule has 0 aliphatic carbocycles. The molecule has 0 unspecified atom stereocenters. The van der Waals surface area contributed by atoms with Crippen LogP contribution in [0.5, 0.6) is 11.6 Å². The molecule has 4 aromatic rings. The molecule has 5 rings (SSSR count). The van der Waals surface area contributed by atoms with Gasteiger partial charge in [0, 0.05) is 46.0 Å². The van der Waals surface area contributed by atoms with Gasteiger partial charge >= 0.3 is 5.97 Å². The van der Waals surface area contributed by atoms with Gasteiger partial charge in [-0.1, -0.05) is 60.1 Å². The minimum atomic E-state index is -0.369. The summed E-state index contributed by atoms with van der Waals surface area (Å²) in [4.78, 5) is 16.5. The Morgan fingerprint density at radius 1 is 0.956 bits per heavy atom. The molecule has 1 aliphatic rings. The molecule has 1 saturated heterocycles. The van der Waals surface area contributed by atoms with Crippen LogP contribution in [0.25, 0.3) is 11.1 Å². The first-order chi connectivity index (χ1) is 21.9. The molecule has 0 amide bonds. The van der Waals surface area contributed by atoms with Gasteiger partial charge in [0.2, 0.25) is 5.88 Å². The number of carbonyl (C=O) groups is 1. The normalized spacial score (nSPS) is 17.0. The quantitative estimate of drug-likeness (QED) is 0.139. The highest BCUT2D eigenvalue weighted by Gasteiger charge is 2.24. The number of pyridine rings is 1. The summed E-state index contributed by atoms with van der Waals surface area (Å²) in [7, 11) is 1.37. The van der Waals surface area contributed by atoms with Crippen molar-refractivity contribution in [3.8, 4) is 22.8 Å². The van der Waals surface area contributed by atoms with E-state index in [0.717, 1.165) is 33.5 Å². The molecule has 45 heavy (non-hydrogen) atoms. The van der Waals surface area contributed by atoms with E-state index in [1.165, 1.54) is 7.11 Å². The molecular formula is C36H38ClNO7. The summed E-state index contributed by atoms with van der Waals surface area (Å²) in [5.74, 6) is 1.04. The van der Waals surface area contributed by atoms with Gasteiger partial charge in [-0.15, -0.1) is 0 Å². The van der Waals surface area contributed by atoms with E-state index in [9.17, 15) is 4.79 Å². The average molecular weight is 632 g/mol. The van der Waals surface area contributed by atoms with Crippen LogP contribution in [0.1, 0.15) is 48.1 Å². The molecule has 8 nitrogen and oxygen atoms in total. The number of carbonyl (C=O) groups excluding carboxylic acids is 1. The van der Waals surface area contributed by atoms with Gasteiger partial charge < -0.3 is 28.4 Å². The maximum atomic E-state index is 11.8. The molecule has 0 radical (unpaired) electrons. The van der Waals surface area contributed by atoms with E-state index >= 15 is 0 Å². The number of rotatable bonds is 13. The van der Waals surface area contributed by atoms with Gasteiger partial charge in [0.1, 0.15) is 12.4 Å². The van der Waals surface area contributed by atoms with Gasteiger partial charge in [0.15, 0.2) is 6.29 Å². The highest BCUT2D eigenvalue weighted by atomic mass is 35.5. The lowest BCUT2D eigenvalue weighted by Crippen LogP contribution is -2.31. The fourth-order valence-electron chi connectivity index (χ4n) is 5.07. The van der Waals surface area contributed by atoms with E-state index in [1.54, 1.807) is 0 Å². The Morgan fingerprint density at radius 3 is 2.40 bits per heavy atom. The third kappa shape index (κ3) is 8.83. The van der Waals surface area contributed by atoms with Crippen molar-refractivity contribution in [2.75, 3.05) is 33.5 Å². The van der Waals surface area contributed by atoms with Crippen LogP contribution >= 0.6 is 11.6 Å². The molecule has 236 valence electrons. The zero-order valence-electron chi connectivity index (χ0n) is 25.7. The summed E-state index contributed by atoms with van der Waals surface area (Å²) in [5.41, 5.74) is 5.45. The van der Waals surface area contributed by atoms with E-state index < -0.39 is 0 Å². The van der Waals surface area contributed by atoms with Crippen LogP contribution in [0.2, 0.25) is 5.02 Å². The molecule has 1 aliphatic heterocycles. The molecule has 0 spiro atoms. The van der Waals surface area contributed by atoms with E-state index in [1.807, 2.05) is 98.8 Å². The molecular weight excluding hydrogens is 594 g/mol. The Balaban J connectivity index is 1.16. The van der Waals surface area contributed by atoms with Crippen LogP contribution in [0.15, 0.2) is 84.9 Å². The number of benzene rings is 3. The molecule has 0 saturated carbocycles. The SMILES string of the molecule is CCO[C@@H](CC(=O)OC)c1ccc(OCc2ccc(Cl)c(-c3ccc(OCC4COC(c5ccccc5)OC4)nc3C)c2)cc1. The first kappa shape index (κ1) is 32.4. The van der Waals surface area contributed by atoms with E-state index in [2.05, 4.69) is 4.98 Å². The average Bonchev–Trinajstić information content (AvgIpc) is 3.08. The van der Waals surface area contributed by atoms with Crippen molar-refractivity contribution in [1.29, 1.82) is 0 Å². The molecule has 0 bridgehead atoms. The Labute approximate surface area is 269 Å². The Hall–Kier alpha value is -3.95. The maximum Gasteiger partial charge on any atom is 0.308 e. The molecule has 1 fully saturated rings. The van der Waals surface area contributed by atoms with Gasteiger partial charge in [0.05, 0.1) is 39.5 Å². The van der Waals surface area contributed by atoms with Gasteiger partial charge in [0.25, 0.3) is 0 Å². The Kier molecular flexibility index (Phi) is 11.4. The van der Waals surface area contributed by atoms with Gasteiger partial charge in [-0.05, 0) is 55.3 Å². The second-order valence-corrected chi connectivity index (χ2v) is 11.2. The standard InChI is InChI=1S/C36H38ClNO7/c1-4-41-33(19-35(39)40-3)27-11-13-29(14-12-27)42-20-25-10-16-32(37)31(18-25)30-15-17-34(38-24(30)2)43-21-26-22-44-36(45-23-26)28-8-6-5-7-9-28/h5-18,26,33,36H,4,19-23H2,1-3H3/t26?,33-,36?/m0/s1. The summed E-state index contributed by atoms with van der Waals surface area (Å²) in [6, 6.07) is 27.1. The number of aromatic nitrogens is 1. The number of hydrogen-bond acceptors (Lipinski definition) is 8. The van der Waals surface area contributed by atoms with Crippen LogP contribution in [0.4, 0.5) is 0 Å². The van der Waals surface area contributed by atoms with Gasteiger partial charge in [-0.25, -0.2) is 4.98 Å². The summed E-state index contributed by atoms with van der Waals surface area (Å²) >= 11 is 6.63. The number of hydrogen-bond donors (Lipinski definition) is 0. The molecule has 9 heteroatoms. The Morgan fingerprint density at radius 2 is 1.71 bits per heavy atom. The van der Waals surface area contributed by atoms with Crippen molar-refractivity contribution in [2.24, 2.45) is 5.92 Å². The van der Waals surface area contributed by atoms with Crippen molar-refractivity contribution in [2.45, 2.75) is 39.3 Å². The van der Waals surface area contributed by atoms with Crippen LogP contribution < -0.4 is 9.47 Å².